The van der Waals surface area contributed by atoms with Crippen molar-refractivity contribution < 1.29 is 0 Å². The third kappa shape index (κ3) is 1.69. The molecule has 0 spiro atoms. The summed E-state index contributed by atoms with van der Waals surface area (Å²) < 4.78 is 6.60. The van der Waals surface area contributed by atoms with Crippen molar-refractivity contribution in [1.29, 1.82) is 0 Å². The molecule has 0 N–H and O–H groups in total. The molecule has 0 aliphatic rings. The SMILES string of the molecule is CCn1c(=O)n(CC)c2c1n(C)c(=O)n2C(C)(C)C. The van der Waals surface area contributed by atoms with Gasteiger partial charge in [-0.15, -0.1) is 0 Å². The summed E-state index contributed by atoms with van der Waals surface area (Å²) in [5.74, 6) is 0. The van der Waals surface area contributed by atoms with Gasteiger partial charge in [-0.05, 0) is 34.6 Å². The zero-order valence-corrected chi connectivity index (χ0v) is 12.5. The molecule has 6 heteroatoms. The molecule has 0 aliphatic heterocycles. The van der Waals surface area contributed by atoms with E-state index in [1.54, 1.807) is 25.3 Å². The number of fused-ring (bicyclic) bond motifs is 1. The van der Waals surface area contributed by atoms with Crippen LogP contribution < -0.4 is 11.4 Å². The molecular formula is C13H22N4O2. The van der Waals surface area contributed by atoms with Crippen LogP contribution in [0.1, 0.15) is 34.6 Å². The predicted molar refractivity (Wildman–Crippen MR) is 75.8 cm³/mol. The minimum Gasteiger partial charge on any atom is -0.279 e. The molecule has 0 atom stereocenters. The van der Waals surface area contributed by atoms with Gasteiger partial charge in [-0.3, -0.25) is 18.3 Å². The van der Waals surface area contributed by atoms with Crippen LogP contribution in [0.25, 0.3) is 11.3 Å². The van der Waals surface area contributed by atoms with Gasteiger partial charge in [0.2, 0.25) is 0 Å². The average molecular weight is 266 g/mol. The summed E-state index contributed by atoms with van der Waals surface area (Å²) in [5.41, 5.74) is 0.925. The van der Waals surface area contributed by atoms with Gasteiger partial charge in [0.05, 0.1) is 0 Å². The second kappa shape index (κ2) is 4.15. The van der Waals surface area contributed by atoms with Gasteiger partial charge in [-0.25, -0.2) is 9.59 Å². The van der Waals surface area contributed by atoms with Gasteiger partial charge in [-0.2, -0.15) is 0 Å². The van der Waals surface area contributed by atoms with E-state index in [9.17, 15) is 9.59 Å². The molecule has 0 saturated heterocycles. The van der Waals surface area contributed by atoms with Crippen LogP contribution in [-0.4, -0.2) is 18.3 Å². The molecule has 0 radical (unpaired) electrons. The number of hydrogen-bond donors (Lipinski definition) is 0. The van der Waals surface area contributed by atoms with E-state index >= 15 is 0 Å². The standard InChI is InChI=1S/C13H22N4O2/c1-7-15-9-10(16(8-2)12(15)19)17(13(3,4)5)11(18)14(9)6/h7-8H2,1-6H3. The van der Waals surface area contributed by atoms with E-state index in [-0.39, 0.29) is 16.9 Å². The first-order valence-corrected chi connectivity index (χ1v) is 6.66. The molecule has 2 aromatic heterocycles. The Morgan fingerprint density at radius 3 is 1.79 bits per heavy atom. The van der Waals surface area contributed by atoms with E-state index < -0.39 is 0 Å². The molecule has 2 rings (SSSR count). The Balaban J connectivity index is 3.13. The molecule has 0 aromatic carbocycles. The smallest absolute Gasteiger partial charge is 0.279 e. The summed E-state index contributed by atoms with van der Waals surface area (Å²) in [6, 6.07) is 0. The summed E-state index contributed by atoms with van der Waals surface area (Å²) in [6.45, 7) is 10.9. The fraction of sp³-hybridized carbons (Fsp3) is 0.692. The first-order chi connectivity index (χ1) is 8.75. The molecular weight excluding hydrogens is 244 g/mol. The van der Waals surface area contributed by atoms with Gasteiger partial charge in [0, 0.05) is 25.7 Å². The van der Waals surface area contributed by atoms with Gasteiger partial charge in [0.1, 0.15) is 0 Å². The number of aromatic nitrogens is 4. The van der Waals surface area contributed by atoms with Crippen LogP contribution in [0, 0.1) is 0 Å². The largest absolute Gasteiger partial charge is 0.331 e. The van der Waals surface area contributed by atoms with Gasteiger partial charge in [0.15, 0.2) is 11.3 Å². The number of hydrogen-bond acceptors (Lipinski definition) is 2. The highest BCUT2D eigenvalue weighted by Gasteiger charge is 2.27. The Hall–Kier alpha value is -1.72. The fourth-order valence-corrected chi connectivity index (χ4v) is 2.63. The highest BCUT2D eigenvalue weighted by atomic mass is 16.2. The Morgan fingerprint density at radius 1 is 0.895 bits per heavy atom. The summed E-state index contributed by atoms with van der Waals surface area (Å²) in [5, 5.41) is 0. The van der Waals surface area contributed by atoms with Gasteiger partial charge >= 0.3 is 11.4 Å². The van der Waals surface area contributed by atoms with Crippen molar-refractivity contribution in [2.75, 3.05) is 0 Å². The molecule has 0 amide bonds. The quantitative estimate of drug-likeness (QED) is 0.817. The van der Waals surface area contributed by atoms with E-state index in [2.05, 4.69) is 0 Å². The zero-order chi connectivity index (χ0) is 14.5. The van der Waals surface area contributed by atoms with Crippen LogP contribution in [0.3, 0.4) is 0 Å². The maximum atomic E-state index is 12.4. The van der Waals surface area contributed by atoms with Crippen LogP contribution in [0.4, 0.5) is 0 Å². The second-order valence-corrected chi connectivity index (χ2v) is 5.77. The van der Waals surface area contributed by atoms with Crippen molar-refractivity contribution in [3.8, 4) is 0 Å². The van der Waals surface area contributed by atoms with Crippen LogP contribution in [0.15, 0.2) is 9.59 Å². The maximum Gasteiger partial charge on any atom is 0.331 e. The Bertz CT molecular complexity index is 734. The lowest BCUT2D eigenvalue weighted by Gasteiger charge is -2.20. The summed E-state index contributed by atoms with van der Waals surface area (Å²) in [7, 11) is 1.72. The zero-order valence-electron chi connectivity index (χ0n) is 12.5. The normalized spacial score (nSPS) is 12.5. The van der Waals surface area contributed by atoms with Crippen molar-refractivity contribution >= 4 is 11.3 Å². The molecule has 19 heavy (non-hydrogen) atoms. The molecule has 0 fully saturated rings. The molecule has 2 aromatic rings. The second-order valence-electron chi connectivity index (χ2n) is 5.77. The number of nitrogens with zero attached hydrogens (tertiary/aromatic N) is 4. The van der Waals surface area contributed by atoms with E-state index in [1.807, 2.05) is 34.6 Å². The van der Waals surface area contributed by atoms with Crippen LogP contribution >= 0.6 is 0 Å². The lowest BCUT2D eigenvalue weighted by Crippen LogP contribution is -2.36. The third-order valence-electron chi connectivity index (χ3n) is 3.48. The number of imidazole rings is 2. The molecule has 0 unspecified atom stereocenters. The van der Waals surface area contributed by atoms with Crippen LogP contribution in [0.5, 0.6) is 0 Å². The lowest BCUT2D eigenvalue weighted by atomic mass is 10.1. The van der Waals surface area contributed by atoms with Gasteiger partial charge in [0.25, 0.3) is 0 Å². The first kappa shape index (κ1) is 13.7. The lowest BCUT2D eigenvalue weighted by molar-refractivity contribution is 0.385. The van der Waals surface area contributed by atoms with Crippen molar-refractivity contribution in [1.82, 2.24) is 18.3 Å². The Labute approximate surface area is 111 Å². The highest BCUT2D eigenvalue weighted by Crippen LogP contribution is 2.20. The molecule has 0 saturated carbocycles. The summed E-state index contributed by atoms with van der Waals surface area (Å²) >= 11 is 0. The average Bonchev–Trinajstić information content (AvgIpc) is 2.71. The summed E-state index contributed by atoms with van der Waals surface area (Å²) in [6.07, 6.45) is 0. The fourth-order valence-electron chi connectivity index (χ4n) is 2.63. The van der Waals surface area contributed by atoms with Crippen molar-refractivity contribution in [3.05, 3.63) is 21.0 Å². The number of aryl methyl sites for hydroxylation is 3. The molecule has 0 aliphatic carbocycles. The number of rotatable bonds is 2. The van der Waals surface area contributed by atoms with Gasteiger partial charge in [-0.1, -0.05) is 0 Å². The van der Waals surface area contributed by atoms with Gasteiger partial charge < -0.3 is 0 Å². The van der Waals surface area contributed by atoms with Crippen molar-refractivity contribution in [2.45, 2.75) is 53.2 Å². The summed E-state index contributed by atoms with van der Waals surface area (Å²) in [4.78, 5) is 24.8. The molecule has 106 valence electrons. The minimum atomic E-state index is -0.361. The van der Waals surface area contributed by atoms with Crippen molar-refractivity contribution in [3.63, 3.8) is 0 Å². The maximum absolute atomic E-state index is 12.4. The third-order valence-corrected chi connectivity index (χ3v) is 3.48. The Morgan fingerprint density at radius 2 is 1.37 bits per heavy atom. The first-order valence-electron chi connectivity index (χ1n) is 6.66. The molecule has 6 nitrogen and oxygen atoms in total. The topological polar surface area (TPSA) is 53.9 Å². The van der Waals surface area contributed by atoms with E-state index in [0.29, 0.717) is 24.4 Å². The minimum absolute atomic E-state index is 0.0522. The molecule has 0 bridgehead atoms. The van der Waals surface area contributed by atoms with E-state index in [4.69, 9.17) is 0 Å². The van der Waals surface area contributed by atoms with Crippen LogP contribution in [-0.2, 0) is 25.7 Å². The monoisotopic (exact) mass is 266 g/mol. The molecule has 2 heterocycles. The predicted octanol–water partition coefficient (Wildman–Crippen LogP) is 1.10. The van der Waals surface area contributed by atoms with Crippen LogP contribution in [0.2, 0.25) is 0 Å². The van der Waals surface area contributed by atoms with Crippen molar-refractivity contribution in [2.24, 2.45) is 7.05 Å². The van der Waals surface area contributed by atoms with E-state index in [0.717, 1.165) is 0 Å². The Kier molecular flexibility index (Phi) is 2.99. The highest BCUT2D eigenvalue weighted by molar-refractivity contribution is 5.69. The van der Waals surface area contributed by atoms with E-state index in [1.165, 1.54) is 0 Å².